The van der Waals surface area contributed by atoms with Crippen LogP contribution in [0.5, 0.6) is 5.75 Å². The average Bonchev–Trinajstić information content (AvgIpc) is 2.16. The minimum Gasteiger partial charge on any atom is -0.495 e. The van der Waals surface area contributed by atoms with Gasteiger partial charge in [0.1, 0.15) is 10.8 Å². The number of carboxylic acid groups (broad SMARTS) is 1. The van der Waals surface area contributed by atoms with E-state index < -0.39 is 5.97 Å². The molecule has 0 fully saturated rings. The third-order valence-corrected chi connectivity index (χ3v) is 1.96. The summed E-state index contributed by atoms with van der Waals surface area (Å²) in [5.74, 6) is -0.887. The first-order chi connectivity index (χ1) is 6.61. The van der Waals surface area contributed by atoms with Crippen molar-refractivity contribution in [2.24, 2.45) is 5.73 Å². The molecule has 0 radical (unpaired) electrons. The van der Waals surface area contributed by atoms with Gasteiger partial charge in [-0.2, -0.15) is 0 Å². The van der Waals surface area contributed by atoms with E-state index in [-0.39, 0.29) is 23.0 Å². The number of nitrogens with two attached hydrogens (primary N) is 1. The molecule has 5 nitrogen and oxygen atoms in total. The monoisotopic (exact) mass is 216 g/mol. The zero-order chi connectivity index (χ0) is 10.7. The lowest BCUT2D eigenvalue weighted by molar-refractivity contribution is 0.0688. The highest BCUT2D eigenvalue weighted by atomic mass is 35.5. The van der Waals surface area contributed by atoms with Gasteiger partial charge in [0, 0.05) is 12.1 Å². The number of hydrogen-bond donors (Lipinski definition) is 2. The van der Waals surface area contributed by atoms with Gasteiger partial charge >= 0.3 is 5.97 Å². The summed E-state index contributed by atoms with van der Waals surface area (Å²) in [5.41, 5.74) is 5.56. The number of aromatic carboxylic acids is 1. The van der Waals surface area contributed by atoms with Gasteiger partial charge in [-0.15, -0.1) is 0 Å². The highest BCUT2D eigenvalue weighted by Gasteiger charge is 2.17. The first-order valence-corrected chi connectivity index (χ1v) is 4.14. The summed E-state index contributed by atoms with van der Waals surface area (Å²) in [5, 5.41) is 9.04. The number of halogens is 1. The number of methoxy groups -OCH3 is 1. The summed E-state index contributed by atoms with van der Waals surface area (Å²) in [4.78, 5) is 14.4. The molecule has 1 heterocycles. The highest BCUT2D eigenvalue weighted by molar-refractivity contribution is 6.32. The highest BCUT2D eigenvalue weighted by Crippen LogP contribution is 2.29. The number of ether oxygens (including phenoxy) is 1. The molecular formula is C8H9ClN2O3. The zero-order valence-corrected chi connectivity index (χ0v) is 8.21. The van der Waals surface area contributed by atoms with E-state index in [0.717, 1.165) is 0 Å². The van der Waals surface area contributed by atoms with E-state index in [0.29, 0.717) is 5.56 Å². The van der Waals surface area contributed by atoms with Crippen LogP contribution in [0.2, 0.25) is 5.02 Å². The third kappa shape index (κ3) is 1.78. The standard InChI is InChI=1S/C8H9ClN2O3/c1-14-7-4(2-10)6(8(12)13)11-3-5(7)9/h3H,2,10H2,1H3,(H,12,13). The van der Waals surface area contributed by atoms with Crippen molar-refractivity contribution in [1.29, 1.82) is 0 Å². The van der Waals surface area contributed by atoms with Crippen LogP contribution < -0.4 is 10.5 Å². The maximum atomic E-state index is 10.7. The van der Waals surface area contributed by atoms with E-state index in [1.54, 1.807) is 0 Å². The maximum Gasteiger partial charge on any atom is 0.354 e. The second-order valence-electron chi connectivity index (χ2n) is 2.48. The summed E-state index contributed by atoms with van der Waals surface area (Å²) in [6, 6.07) is 0. The number of hydrogen-bond acceptors (Lipinski definition) is 4. The Labute approximate surface area is 85.5 Å². The molecule has 0 aromatic carbocycles. The fourth-order valence-corrected chi connectivity index (χ4v) is 1.34. The van der Waals surface area contributed by atoms with E-state index in [4.69, 9.17) is 27.2 Å². The van der Waals surface area contributed by atoms with Crippen LogP contribution in [0.4, 0.5) is 0 Å². The van der Waals surface area contributed by atoms with Crippen molar-refractivity contribution in [2.45, 2.75) is 6.54 Å². The molecule has 0 saturated carbocycles. The Morgan fingerprint density at radius 3 is 2.86 bits per heavy atom. The van der Waals surface area contributed by atoms with Crippen molar-refractivity contribution >= 4 is 17.6 Å². The summed E-state index contributed by atoms with van der Waals surface area (Å²) in [7, 11) is 1.39. The largest absolute Gasteiger partial charge is 0.495 e. The topological polar surface area (TPSA) is 85.4 Å². The smallest absolute Gasteiger partial charge is 0.354 e. The Bertz CT molecular complexity index is 368. The number of carbonyl (C=O) groups is 1. The van der Waals surface area contributed by atoms with E-state index in [9.17, 15) is 4.79 Å². The second-order valence-corrected chi connectivity index (χ2v) is 2.88. The van der Waals surface area contributed by atoms with Gasteiger partial charge in [-0.1, -0.05) is 11.6 Å². The van der Waals surface area contributed by atoms with Crippen molar-refractivity contribution in [3.63, 3.8) is 0 Å². The van der Waals surface area contributed by atoms with Crippen LogP contribution >= 0.6 is 11.6 Å². The Morgan fingerprint density at radius 2 is 2.43 bits per heavy atom. The number of pyridine rings is 1. The average molecular weight is 217 g/mol. The lowest BCUT2D eigenvalue weighted by Gasteiger charge is -2.10. The number of aromatic nitrogens is 1. The number of carboxylic acids is 1. The van der Waals surface area contributed by atoms with Gasteiger partial charge in [-0.3, -0.25) is 0 Å². The predicted octanol–water partition coefficient (Wildman–Crippen LogP) is 0.900. The molecule has 0 atom stereocenters. The summed E-state index contributed by atoms with van der Waals surface area (Å²) < 4.78 is 4.94. The minimum atomic E-state index is -1.15. The Balaban J connectivity index is 3.40. The molecule has 14 heavy (non-hydrogen) atoms. The molecule has 0 aliphatic rings. The van der Waals surface area contributed by atoms with Crippen LogP contribution in [-0.2, 0) is 6.54 Å². The van der Waals surface area contributed by atoms with Crippen LogP contribution in [0.25, 0.3) is 0 Å². The van der Waals surface area contributed by atoms with Gasteiger partial charge in [-0.05, 0) is 0 Å². The Hall–Kier alpha value is -1.33. The molecular weight excluding hydrogens is 208 g/mol. The van der Waals surface area contributed by atoms with Crippen molar-refractivity contribution in [2.75, 3.05) is 7.11 Å². The van der Waals surface area contributed by atoms with Crippen LogP contribution in [0.15, 0.2) is 6.20 Å². The van der Waals surface area contributed by atoms with E-state index >= 15 is 0 Å². The molecule has 1 aromatic rings. The van der Waals surface area contributed by atoms with Gasteiger partial charge < -0.3 is 15.6 Å². The molecule has 0 spiro atoms. The molecule has 1 rings (SSSR count). The fourth-order valence-electron chi connectivity index (χ4n) is 1.10. The van der Waals surface area contributed by atoms with Gasteiger partial charge in [0.25, 0.3) is 0 Å². The third-order valence-electron chi connectivity index (χ3n) is 1.69. The molecule has 0 aliphatic heterocycles. The molecule has 3 N–H and O–H groups in total. The fraction of sp³-hybridized carbons (Fsp3) is 0.250. The second kappa shape index (κ2) is 4.26. The van der Waals surface area contributed by atoms with Crippen LogP contribution in [0, 0.1) is 0 Å². The van der Waals surface area contributed by atoms with Crippen molar-refractivity contribution in [1.82, 2.24) is 4.98 Å². The normalized spacial score (nSPS) is 9.93. The quantitative estimate of drug-likeness (QED) is 0.784. The summed E-state index contributed by atoms with van der Waals surface area (Å²) in [6.45, 7) is 0.0123. The van der Waals surface area contributed by atoms with Gasteiger partial charge in [-0.25, -0.2) is 9.78 Å². The minimum absolute atomic E-state index is 0.0123. The van der Waals surface area contributed by atoms with Gasteiger partial charge in [0.2, 0.25) is 0 Å². The molecule has 0 aliphatic carbocycles. The molecule has 1 aromatic heterocycles. The first kappa shape index (κ1) is 10.7. The summed E-state index contributed by atoms with van der Waals surface area (Å²) >= 11 is 5.75. The lowest BCUT2D eigenvalue weighted by atomic mass is 10.1. The van der Waals surface area contributed by atoms with E-state index in [1.165, 1.54) is 13.3 Å². The summed E-state index contributed by atoms with van der Waals surface area (Å²) in [6.07, 6.45) is 1.23. The SMILES string of the molecule is COc1c(Cl)cnc(C(=O)O)c1CN. The number of rotatable bonds is 3. The van der Waals surface area contributed by atoms with Gasteiger partial charge in [0.15, 0.2) is 5.69 Å². The Morgan fingerprint density at radius 1 is 1.79 bits per heavy atom. The molecule has 6 heteroatoms. The lowest BCUT2D eigenvalue weighted by Crippen LogP contribution is -2.11. The van der Waals surface area contributed by atoms with Crippen LogP contribution in [0.3, 0.4) is 0 Å². The number of nitrogens with zero attached hydrogens (tertiary/aromatic N) is 1. The van der Waals surface area contributed by atoms with E-state index in [2.05, 4.69) is 4.98 Å². The predicted molar refractivity (Wildman–Crippen MR) is 50.6 cm³/mol. The van der Waals surface area contributed by atoms with Crippen molar-refractivity contribution in [3.05, 3.63) is 22.5 Å². The van der Waals surface area contributed by atoms with Crippen molar-refractivity contribution < 1.29 is 14.6 Å². The first-order valence-electron chi connectivity index (χ1n) is 3.76. The Kier molecular flexibility index (Phi) is 3.27. The van der Waals surface area contributed by atoms with Crippen LogP contribution in [-0.4, -0.2) is 23.2 Å². The molecule has 0 saturated heterocycles. The van der Waals surface area contributed by atoms with Gasteiger partial charge in [0.05, 0.1) is 13.3 Å². The van der Waals surface area contributed by atoms with Crippen molar-refractivity contribution in [3.8, 4) is 5.75 Å². The van der Waals surface area contributed by atoms with E-state index in [1.807, 2.05) is 0 Å². The molecule has 76 valence electrons. The zero-order valence-electron chi connectivity index (χ0n) is 7.45. The molecule has 0 bridgehead atoms. The van der Waals surface area contributed by atoms with Crippen LogP contribution in [0.1, 0.15) is 16.1 Å². The molecule has 0 amide bonds. The maximum absolute atomic E-state index is 10.7. The molecule has 0 unspecified atom stereocenters.